The lowest BCUT2D eigenvalue weighted by Crippen LogP contribution is -2.26. The number of nitrogens with one attached hydrogen (secondary N) is 2. The van der Waals surface area contributed by atoms with E-state index in [1.807, 2.05) is 43.0 Å². The number of benzene rings is 2. The van der Waals surface area contributed by atoms with Crippen LogP contribution >= 0.6 is 11.8 Å². The summed E-state index contributed by atoms with van der Waals surface area (Å²) in [5.74, 6) is 3.51. The fourth-order valence-electron chi connectivity index (χ4n) is 4.72. The van der Waals surface area contributed by atoms with Gasteiger partial charge < -0.3 is 15.4 Å². The van der Waals surface area contributed by atoms with Crippen LogP contribution in [0.1, 0.15) is 41.6 Å². The second kappa shape index (κ2) is 10.6. The average Bonchev–Trinajstić information content (AvgIpc) is 3.64. The van der Waals surface area contributed by atoms with E-state index in [-0.39, 0.29) is 11.7 Å². The first kappa shape index (κ1) is 24.7. The van der Waals surface area contributed by atoms with E-state index in [2.05, 4.69) is 10.6 Å². The number of hydrogen-bond acceptors (Lipinski definition) is 6. The molecule has 1 amide bonds. The van der Waals surface area contributed by atoms with Gasteiger partial charge in [0.15, 0.2) is 5.65 Å². The second-order valence-corrected chi connectivity index (χ2v) is 11.3. The van der Waals surface area contributed by atoms with Crippen LogP contribution in [-0.4, -0.2) is 44.6 Å². The normalized spacial score (nSPS) is 15.9. The number of hydrogen-bond donors (Lipinski definition) is 2. The zero-order valence-electron chi connectivity index (χ0n) is 21.2. The van der Waals surface area contributed by atoms with Crippen molar-refractivity contribution in [3.63, 3.8) is 0 Å². The maximum Gasteiger partial charge on any atom is 0.251 e. The Bertz CT molecular complexity index is 1460. The van der Waals surface area contributed by atoms with Crippen LogP contribution < -0.4 is 15.4 Å². The van der Waals surface area contributed by atoms with E-state index < -0.39 is 0 Å². The summed E-state index contributed by atoms with van der Waals surface area (Å²) in [7, 11) is 0. The SMILES string of the molecule is Cc1cc(-c2cnc3c(NCC4CCSCC4)cc(Oc4ccc(F)cc4)nn23)ccc1C(=O)NC1CC1. The van der Waals surface area contributed by atoms with Gasteiger partial charge in [0.1, 0.15) is 11.6 Å². The summed E-state index contributed by atoms with van der Waals surface area (Å²) in [6.07, 6.45) is 6.28. The summed E-state index contributed by atoms with van der Waals surface area (Å²) < 4.78 is 21.2. The standard InChI is InChI=1S/C29H30FN5O2S/c1-18-14-20(2-9-24(18)29(36)33-22-5-6-22)26-17-32-28-25(31-16-19-10-12-38-13-11-19)15-27(34-35(26)28)37-23-7-3-21(30)4-8-23/h2-4,7-9,14-15,17,19,22,31H,5-6,10-13,16H2,1H3,(H,33,36). The van der Waals surface area contributed by atoms with Crippen LogP contribution in [0.4, 0.5) is 10.1 Å². The Kier molecular flexibility index (Phi) is 6.93. The summed E-state index contributed by atoms with van der Waals surface area (Å²) in [4.78, 5) is 17.3. The molecule has 1 saturated carbocycles. The minimum absolute atomic E-state index is 0.0320. The Hall–Kier alpha value is -3.59. The molecule has 2 aliphatic rings. The molecule has 0 radical (unpaired) electrons. The van der Waals surface area contributed by atoms with Gasteiger partial charge in [-0.3, -0.25) is 4.79 Å². The highest BCUT2D eigenvalue weighted by Gasteiger charge is 2.25. The summed E-state index contributed by atoms with van der Waals surface area (Å²) in [6.45, 7) is 2.79. The number of aryl methyl sites for hydroxylation is 1. The molecule has 1 saturated heterocycles. The molecule has 6 rings (SSSR count). The Morgan fingerprint density at radius 3 is 2.63 bits per heavy atom. The van der Waals surface area contributed by atoms with E-state index in [1.165, 1.54) is 36.5 Å². The lowest BCUT2D eigenvalue weighted by Gasteiger charge is -2.22. The van der Waals surface area contributed by atoms with Crippen LogP contribution in [0.15, 0.2) is 54.7 Å². The van der Waals surface area contributed by atoms with Gasteiger partial charge in [-0.15, -0.1) is 5.10 Å². The summed E-state index contributed by atoms with van der Waals surface area (Å²) in [6, 6.07) is 13.8. The number of nitrogens with zero attached hydrogens (tertiary/aromatic N) is 3. The number of fused-ring (bicyclic) bond motifs is 1. The number of thioether (sulfide) groups is 1. The fraction of sp³-hybridized carbons (Fsp3) is 0.345. The highest BCUT2D eigenvalue weighted by atomic mass is 32.2. The largest absolute Gasteiger partial charge is 0.438 e. The molecule has 0 unspecified atom stereocenters. The van der Waals surface area contributed by atoms with Gasteiger partial charge in [0.05, 0.1) is 17.6 Å². The zero-order valence-corrected chi connectivity index (χ0v) is 22.1. The lowest BCUT2D eigenvalue weighted by atomic mass is 10.0. The van der Waals surface area contributed by atoms with Gasteiger partial charge in [-0.25, -0.2) is 13.9 Å². The molecule has 0 atom stereocenters. The summed E-state index contributed by atoms with van der Waals surface area (Å²) >= 11 is 2.01. The van der Waals surface area contributed by atoms with Gasteiger partial charge in [0.2, 0.25) is 5.88 Å². The molecular formula is C29H30FN5O2S. The van der Waals surface area contributed by atoms with E-state index in [0.29, 0.717) is 34.8 Å². The van der Waals surface area contributed by atoms with Crippen molar-refractivity contribution in [3.05, 3.63) is 71.7 Å². The van der Waals surface area contributed by atoms with Crippen LogP contribution in [0.5, 0.6) is 11.6 Å². The first-order valence-corrected chi connectivity index (χ1v) is 14.2. The van der Waals surface area contributed by atoms with Gasteiger partial charge >= 0.3 is 0 Å². The lowest BCUT2D eigenvalue weighted by molar-refractivity contribution is 0.0950. The molecule has 2 fully saturated rings. The molecule has 3 heterocycles. The predicted molar refractivity (Wildman–Crippen MR) is 149 cm³/mol. The first-order valence-electron chi connectivity index (χ1n) is 13.1. The number of aromatic nitrogens is 3. The molecule has 1 aliphatic heterocycles. The van der Waals surface area contributed by atoms with Gasteiger partial charge in [0.25, 0.3) is 5.91 Å². The molecule has 0 spiro atoms. The zero-order chi connectivity index (χ0) is 26.1. The van der Waals surface area contributed by atoms with Crippen LogP contribution in [0.25, 0.3) is 16.9 Å². The number of carbonyl (C=O) groups excluding carboxylic acids is 1. The smallest absolute Gasteiger partial charge is 0.251 e. The Labute approximate surface area is 225 Å². The van der Waals surface area contributed by atoms with E-state index in [0.717, 1.165) is 41.9 Å². The predicted octanol–water partition coefficient (Wildman–Crippen LogP) is 6.08. The summed E-state index contributed by atoms with van der Waals surface area (Å²) in [5.41, 5.74) is 4.79. The second-order valence-electron chi connectivity index (χ2n) is 10.0. The van der Waals surface area contributed by atoms with Crippen LogP contribution in [0.3, 0.4) is 0 Å². The quantitative estimate of drug-likeness (QED) is 0.287. The maximum absolute atomic E-state index is 13.4. The van der Waals surface area contributed by atoms with E-state index in [4.69, 9.17) is 14.8 Å². The Morgan fingerprint density at radius 1 is 1.11 bits per heavy atom. The van der Waals surface area contributed by atoms with E-state index >= 15 is 0 Å². The Balaban J connectivity index is 1.34. The monoisotopic (exact) mass is 531 g/mol. The molecule has 38 heavy (non-hydrogen) atoms. The molecule has 2 aromatic heterocycles. The van der Waals surface area contributed by atoms with Crippen molar-refractivity contribution >= 4 is 29.0 Å². The molecule has 1 aliphatic carbocycles. The van der Waals surface area contributed by atoms with Crippen molar-refractivity contribution in [3.8, 4) is 22.9 Å². The van der Waals surface area contributed by atoms with Crippen molar-refractivity contribution in [1.29, 1.82) is 0 Å². The van der Waals surface area contributed by atoms with Gasteiger partial charge in [-0.05, 0) is 92.0 Å². The third-order valence-corrected chi connectivity index (χ3v) is 8.13. The van der Waals surface area contributed by atoms with Crippen LogP contribution in [0.2, 0.25) is 0 Å². The molecule has 4 aromatic rings. The minimum atomic E-state index is -0.324. The highest BCUT2D eigenvalue weighted by Crippen LogP contribution is 2.31. The summed E-state index contributed by atoms with van der Waals surface area (Å²) in [5, 5.41) is 11.4. The van der Waals surface area contributed by atoms with Crippen molar-refractivity contribution in [2.45, 2.75) is 38.6 Å². The topological polar surface area (TPSA) is 80.6 Å². The molecule has 0 bridgehead atoms. The fourth-order valence-corrected chi connectivity index (χ4v) is 5.92. The van der Waals surface area contributed by atoms with Crippen molar-refractivity contribution < 1.29 is 13.9 Å². The number of amides is 1. The van der Waals surface area contributed by atoms with Crippen LogP contribution in [-0.2, 0) is 0 Å². The number of halogens is 1. The van der Waals surface area contributed by atoms with Crippen molar-refractivity contribution in [2.75, 3.05) is 23.4 Å². The molecule has 7 nitrogen and oxygen atoms in total. The van der Waals surface area contributed by atoms with Gasteiger partial charge in [-0.1, -0.05) is 6.07 Å². The number of imidazole rings is 1. The molecule has 196 valence electrons. The molecule has 2 aromatic carbocycles. The molecular weight excluding hydrogens is 501 g/mol. The Morgan fingerprint density at radius 2 is 1.89 bits per heavy atom. The average molecular weight is 532 g/mol. The number of rotatable bonds is 8. The third-order valence-electron chi connectivity index (χ3n) is 7.08. The maximum atomic E-state index is 13.4. The van der Waals surface area contributed by atoms with Gasteiger partial charge in [-0.2, -0.15) is 11.8 Å². The van der Waals surface area contributed by atoms with Crippen LogP contribution in [0, 0.1) is 18.7 Å². The number of anilines is 1. The van der Waals surface area contributed by atoms with E-state index in [9.17, 15) is 9.18 Å². The molecule has 2 N–H and O–H groups in total. The molecule has 9 heteroatoms. The number of carbonyl (C=O) groups is 1. The first-order chi connectivity index (χ1) is 18.5. The minimum Gasteiger partial charge on any atom is -0.438 e. The van der Waals surface area contributed by atoms with E-state index in [1.54, 1.807) is 22.8 Å². The third kappa shape index (κ3) is 5.48. The number of ether oxygens (including phenoxy) is 1. The van der Waals surface area contributed by atoms with Gasteiger partial charge in [0, 0.05) is 29.8 Å². The highest BCUT2D eigenvalue weighted by molar-refractivity contribution is 7.99. The van der Waals surface area contributed by atoms with Crippen molar-refractivity contribution in [2.24, 2.45) is 5.92 Å². The van der Waals surface area contributed by atoms with Crippen molar-refractivity contribution in [1.82, 2.24) is 19.9 Å².